The molecule has 1 unspecified atom stereocenters. The number of fused-ring (bicyclic) bond motifs is 1. The van der Waals surface area contributed by atoms with Crippen LogP contribution < -0.4 is 10.5 Å². The van der Waals surface area contributed by atoms with Crippen molar-refractivity contribution in [3.8, 4) is 5.75 Å². The van der Waals surface area contributed by atoms with Gasteiger partial charge in [0, 0.05) is 12.6 Å². The maximum Gasteiger partial charge on any atom is 0.119 e. The van der Waals surface area contributed by atoms with E-state index in [1.54, 1.807) is 0 Å². The summed E-state index contributed by atoms with van der Waals surface area (Å²) < 4.78 is 11.4. The number of hydrogen-bond donors (Lipinski definition) is 1. The Labute approximate surface area is 108 Å². The highest BCUT2D eigenvalue weighted by molar-refractivity contribution is 5.39. The van der Waals surface area contributed by atoms with E-state index in [4.69, 9.17) is 15.2 Å². The van der Waals surface area contributed by atoms with E-state index >= 15 is 0 Å². The van der Waals surface area contributed by atoms with Gasteiger partial charge in [-0.1, -0.05) is 6.07 Å². The van der Waals surface area contributed by atoms with Crippen LogP contribution in [0.3, 0.4) is 0 Å². The van der Waals surface area contributed by atoms with Crippen molar-refractivity contribution in [3.63, 3.8) is 0 Å². The van der Waals surface area contributed by atoms with Crippen LogP contribution in [-0.4, -0.2) is 19.3 Å². The van der Waals surface area contributed by atoms with E-state index in [1.165, 1.54) is 17.5 Å². The summed E-state index contributed by atoms with van der Waals surface area (Å²) in [5.74, 6) is 0.932. The zero-order valence-corrected chi connectivity index (χ0v) is 10.7. The lowest BCUT2D eigenvalue weighted by Crippen LogP contribution is -2.19. The van der Waals surface area contributed by atoms with Gasteiger partial charge in [-0.05, 0) is 55.4 Å². The maximum atomic E-state index is 6.15. The van der Waals surface area contributed by atoms with Gasteiger partial charge in [-0.15, -0.1) is 0 Å². The molecule has 18 heavy (non-hydrogen) atoms. The Hall–Kier alpha value is -1.06. The normalized spacial score (nSPS) is 26.9. The summed E-state index contributed by atoms with van der Waals surface area (Å²) in [6.45, 7) is 1.54. The van der Waals surface area contributed by atoms with Gasteiger partial charge in [0.05, 0.1) is 6.10 Å². The summed E-state index contributed by atoms with van der Waals surface area (Å²) in [5.41, 5.74) is 8.81. The molecule has 0 saturated carbocycles. The Kier molecular flexibility index (Phi) is 3.52. The lowest BCUT2D eigenvalue weighted by atomic mass is 9.88. The molecule has 3 heteroatoms. The highest BCUT2D eigenvalue weighted by Gasteiger charge is 2.19. The fourth-order valence-corrected chi connectivity index (χ4v) is 2.87. The van der Waals surface area contributed by atoms with E-state index in [-0.39, 0.29) is 12.1 Å². The number of hydrogen-bond acceptors (Lipinski definition) is 3. The molecular weight excluding hydrogens is 226 g/mol. The number of rotatable bonds is 3. The van der Waals surface area contributed by atoms with Crippen molar-refractivity contribution >= 4 is 0 Å². The van der Waals surface area contributed by atoms with E-state index in [9.17, 15) is 0 Å². The predicted molar refractivity (Wildman–Crippen MR) is 70.8 cm³/mol. The van der Waals surface area contributed by atoms with Crippen LogP contribution in [-0.2, 0) is 11.2 Å². The summed E-state index contributed by atoms with van der Waals surface area (Å²) in [7, 11) is 0. The quantitative estimate of drug-likeness (QED) is 0.893. The van der Waals surface area contributed by atoms with Gasteiger partial charge in [-0.3, -0.25) is 0 Å². The first-order valence-corrected chi connectivity index (χ1v) is 6.96. The minimum absolute atomic E-state index is 0.181. The Morgan fingerprint density at radius 2 is 2.22 bits per heavy atom. The van der Waals surface area contributed by atoms with Gasteiger partial charge in [-0.25, -0.2) is 0 Å². The second-order valence-electron chi connectivity index (χ2n) is 5.31. The summed E-state index contributed by atoms with van der Waals surface area (Å²) in [4.78, 5) is 0. The third kappa shape index (κ3) is 2.52. The molecule has 1 aromatic carbocycles. The molecule has 3 rings (SSSR count). The van der Waals surface area contributed by atoms with Crippen LogP contribution in [0, 0.1) is 0 Å². The lowest BCUT2D eigenvalue weighted by molar-refractivity contribution is 0.0679. The fraction of sp³-hybridized carbons (Fsp3) is 0.600. The summed E-state index contributed by atoms with van der Waals surface area (Å²) in [6.07, 6.45) is 5.98. The largest absolute Gasteiger partial charge is 0.491 e. The van der Waals surface area contributed by atoms with Gasteiger partial charge in [0.2, 0.25) is 0 Å². The molecule has 98 valence electrons. The minimum Gasteiger partial charge on any atom is -0.491 e. The Morgan fingerprint density at radius 1 is 1.28 bits per heavy atom. The zero-order chi connectivity index (χ0) is 12.4. The molecule has 1 heterocycles. The maximum absolute atomic E-state index is 6.15. The standard InChI is InChI=1S/C15H21NO2/c16-15-5-1-3-11-6-7-12(9-14(11)15)18-10-13-4-2-8-17-13/h6-7,9,13,15H,1-5,8,10,16H2/t13?,15-/m0/s1. The first-order valence-electron chi connectivity index (χ1n) is 6.96. The van der Waals surface area contributed by atoms with Gasteiger partial charge < -0.3 is 15.2 Å². The first-order chi connectivity index (χ1) is 8.83. The molecule has 1 aliphatic heterocycles. The lowest BCUT2D eigenvalue weighted by Gasteiger charge is -2.23. The molecule has 0 aromatic heterocycles. The van der Waals surface area contributed by atoms with Crippen LogP contribution in [0.15, 0.2) is 18.2 Å². The van der Waals surface area contributed by atoms with Crippen molar-refractivity contribution in [2.45, 2.75) is 44.2 Å². The third-order valence-corrected chi connectivity index (χ3v) is 3.94. The molecule has 0 radical (unpaired) electrons. The van der Waals surface area contributed by atoms with Gasteiger partial charge >= 0.3 is 0 Å². The minimum atomic E-state index is 0.181. The van der Waals surface area contributed by atoms with Crippen molar-refractivity contribution in [2.75, 3.05) is 13.2 Å². The van der Waals surface area contributed by atoms with Crippen molar-refractivity contribution in [3.05, 3.63) is 29.3 Å². The molecular formula is C15H21NO2. The molecule has 2 aliphatic rings. The molecule has 0 amide bonds. The van der Waals surface area contributed by atoms with E-state index in [0.29, 0.717) is 6.61 Å². The molecule has 0 spiro atoms. The number of benzene rings is 1. The number of nitrogens with two attached hydrogens (primary N) is 1. The monoisotopic (exact) mass is 247 g/mol. The van der Waals surface area contributed by atoms with Gasteiger partial charge in [0.1, 0.15) is 12.4 Å². The van der Waals surface area contributed by atoms with Crippen LogP contribution in [0.2, 0.25) is 0 Å². The van der Waals surface area contributed by atoms with E-state index in [0.717, 1.165) is 38.0 Å². The van der Waals surface area contributed by atoms with Crippen LogP contribution >= 0.6 is 0 Å². The summed E-state index contributed by atoms with van der Waals surface area (Å²) in [5, 5.41) is 0. The molecule has 0 bridgehead atoms. The highest BCUT2D eigenvalue weighted by atomic mass is 16.5. The Morgan fingerprint density at radius 3 is 3.06 bits per heavy atom. The molecule has 3 nitrogen and oxygen atoms in total. The summed E-state index contributed by atoms with van der Waals surface area (Å²) >= 11 is 0. The molecule has 2 atom stereocenters. The van der Waals surface area contributed by atoms with Crippen molar-refractivity contribution in [1.82, 2.24) is 0 Å². The van der Waals surface area contributed by atoms with Crippen molar-refractivity contribution < 1.29 is 9.47 Å². The average Bonchev–Trinajstić information content (AvgIpc) is 2.90. The zero-order valence-electron chi connectivity index (χ0n) is 10.7. The smallest absolute Gasteiger partial charge is 0.119 e. The van der Waals surface area contributed by atoms with Crippen LogP contribution in [0.4, 0.5) is 0 Å². The van der Waals surface area contributed by atoms with Crippen LogP contribution in [0.1, 0.15) is 42.9 Å². The molecule has 1 aliphatic carbocycles. The molecule has 1 aromatic rings. The Bertz CT molecular complexity index is 413. The number of ether oxygens (including phenoxy) is 2. The van der Waals surface area contributed by atoms with Crippen molar-refractivity contribution in [1.29, 1.82) is 0 Å². The van der Waals surface area contributed by atoms with Gasteiger partial charge in [0.15, 0.2) is 0 Å². The second-order valence-corrected chi connectivity index (χ2v) is 5.31. The predicted octanol–water partition coefficient (Wildman–Crippen LogP) is 2.58. The van der Waals surface area contributed by atoms with Crippen LogP contribution in [0.25, 0.3) is 0 Å². The highest BCUT2D eigenvalue weighted by Crippen LogP contribution is 2.31. The van der Waals surface area contributed by atoms with Crippen molar-refractivity contribution in [2.24, 2.45) is 5.73 Å². The Balaban J connectivity index is 1.67. The molecule has 2 N–H and O–H groups in total. The third-order valence-electron chi connectivity index (χ3n) is 3.94. The fourth-order valence-electron chi connectivity index (χ4n) is 2.87. The van der Waals surface area contributed by atoms with Gasteiger partial charge in [0.25, 0.3) is 0 Å². The second kappa shape index (κ2) is 5.29. The van der Waals surface area contributed by atoms with E-state index < -0.39 is 0 Å². The number of aryl methyl sites for hydroxylation is 1. The topological polar surface area (TPSA) is 44.5 Å². The van der Waals surface area contributed by atoms with Crippen LogP contribution in [0.5, 0.6) is 5.75 Å². The van der Waals surface area contributed by atoms with Gasteiger partial charge in [-0.2, -0.15) is 0 Å². The van der Waals surface area contributed by atoms with E-state index in [2.05, 4.69) is 18.2 Å². The SMILES string of the molecule is N[C@H]1CCCc2ccc(OCC3CCCO3)cc21. The average molecular weight is 247 g/mol. The molecule has 1 fully saturated rings. The summed E-state index contributed by atoms with van der Waals surface area (Å²) in [6, 6.07) is 6.53. The first kappa shape index (κ1) is 12.0. The van der Waals surface area contributed by atoms with E-state index in [1.807, 2.05) is 0 Å². The molecule has 1 saturated heterocycles.